The standard InChI is InChI=1S/C9H12N2O/c1-3-4-5-10-7-9-6-8(2)12-11-9/h6,10H,5,7H2,1-2H3. The first-order valence-corrected chi connectivity index (χ1v) is 3.85. The molecule has 0 radical (unpaired) electrons. The van der Waals surface area contributed by atoms with Crippen molar-refractivity contribution >= 4 is 0 Å². The van der Waals surface area contributed by atoms with Crippen LogP contribution in [0.1, 0.15) is 18.4 Å². The molecule has 1 aromatic rings. The molecule has 3 nitrogen and oxygen atoms in total. The molecule has 0 unspecified atom stereocenters. The van der Waals surface area contributed by atoms with E-state index >= 15 is 0 Å². The van der Waals surface area contributed by atoms with E-state index in [9.17, 15) is 0 Å². The maximum absolute atomic E-state index is 4.90. The first-order chi connectivity index (χ1) is 5.83. The molecule has 0 saturated heterocycles. The average molecular weight is 164 g/mol. The Labute approximate surface area is 72.1 Å². The molecule has 0 spiro atoms. The van der Waals surface area contributed by atoms with E-state index in [0.29, 0.717) is 13.1 Å². The van der Waals surface area contributed by atoms with E-state index < -0.39 is 0 Å². The Morgan fingerprint density at radius 1 is 1.67 bits per heavy atom. The van der Waals surface area contributed by atoms with Crippen molar-refractivity contribution in [3.8, 4) is 11.8 Å². The summed E-state index contributed by atoms with van der Waals surface area (Å²) in [5.41, 5.74) is 0.922. The lowest BCUT2D eigenvalue weighted by molar-refractivity contribution is 0.389. The highest BCUT2D eigenvalue weighted by molar-refractivity contribution is 5.04. The summed E-state index contributed by atoms with van der Waals surface area (Å²) >= 11 is 0. The lowest BCUT2D eigenvalue weighted by Gasteiger charge is -1.92. The van der Waals surface area contributed by atoms with Crippen LogP contribution in [0.25, 0.3) is 0 Å². The lowest BCUT2D eigenvalue weighted by Crippen LogP contribution is -2.13. The summed E-state index contributed by atoms with van der Waals surface area (Å²) in [6.45, 7) is 5.11. The summed E-state index contributed by atoms with van der Waals surface area (Å²) in [4.78, 5) is 0. The largest absolute Gasteiger partial charge is 0.361 e. The molecule has 0 aliphatic heterocycles. The second-order valence-electron chi connectivity index (χ2n) is 2.46. The topological polar surface area (TPSA) is 38.1 Å². The fraction of sp³-hybridized carbons (Fsp3) is 0.444. The summed E-state index contributed by atoms with van der Waals surface area (Å²) in [6, 6.07) is 1.91. The molecule has 1 N–H and O–H groups in total. The third-order valence-corrected chi connectivity index (χ3v) is 1.37. The number of hydrogen-bond acceptors (Lipinski definition) is 3. The minimum Gasteiger partial charge on any atom is -0.361 e. The zero-order valence-electron chi connectivity index (χ0n) is 7.35. The summed E-state index contributed by atoms with van der Waals surface area (Å²) < 4.78 is 4.90. The second kappa shape index (κ2) is 4.58. The average Bonchev–Trinajstić information content (AvgIpc) is 2.45. The normalized spacial score (nSPS) is 9.17. The summed E-state index contributed by atoms with van der Waals surface area (Å²) in [5, 5.41) is 6.95. The molecule has 1 aromatic heterocycles. The van der Waals surface area contributed by atoms with Crippen molar-refractivity contribution in [3.05, 3.63) is 17.5 Å². The molecule has 64 valence electrons. The molecular weight excluding hydrogens is 152 g/mol. The third-order valence-electron chi connectivity index (χ3n) is 1.37. The van der Waals surface area contributed by atoms with Crippen molar-refractivity contribution in [1.29, 1.82) is 0 Å². The number of nitrogens with zero attached hydrogens (tertiary/aromatic N) is 1. The fourth-order valence-corrected chi connectivity index (χ4v) is 0.843. The molecular formula is C9H12N2O. The third kappa shape index (κ3) is 2.77. The minimum absolute atomic E-state index is 0.697. The Bertz CT molecular complexity index is 293. The molecule has 0 saturated carbocycles. The van der Waals surface area contributed by atoms with Crippen LogP contribution in [-0.4, -0.2) is 11.7 Å². The molecule has 1 rings (SSSR count). The molecule has 1 heterocycles. The van der Waals surface area contributed by atoms with Crippen LogP contribution in [0.2, 0.25) is 0 Å². The van der Waals surface area contributed by atoms with Gasteiger partial charge >= 0.3 is 0 Å². The van der Waals surface area contributed by atoms with Gasteiger partial charge in [-0.25, -0.2) is 0 Å². The Morgan fingerprint density at radius 3 is 3.08 bits per heavy atom. The van der Waals surface area contributed by atoms with Gasteiger partial charge in [-0.05, 0) is 13.8 Å². The second-order valence-corrected chi connectivity index (χ2v) is 2.46. The number of hydrogen-bond donors (Lipinski definition) is 1. The van der Waals surface area contributed by atoms with E-state index in [1.54, 1.807) is 0 Å². The fourth-order valence-electron chi connectivity index (χ4n) is 0.843. The van der Waals surface area contributed by atoms with Gasteiger partial charge < -0.3 is 9.84 Å². The minimum atomic E-state index is 0.697. The molecule has 0 atom stereocenters. The van der Waals surface area contributed by atoms with Gasteiger partial charge in [-0.15, -0.1) is 5.92 Å². The van der Waals surface area contributed by atoms with Crippen LogP contribution in [0.3, 0.4) is 0 Å². The zero-order chi connectivity index (χ0) is 8.81. The van der Waals surface area contributed by atoms with Gasteiger partial charge in [0.2, 0.25) is 0 Å². The number of nitrogens with one attached hydrogen (secondary N) is 1. The van der Waals surface area contributed by atoms with Crippen LogP contribution >= 0.6 is 0 Å². The van der Waals surface area contributed by atoms with E-state index in [0.717, 1.165) is 11.5 Å². The van der Waals surface area contributed by atoms with E-state index in [1.807, 2.05) is 19.9 Å². The predicted octanol–water partition coefficient (Wildman–Crippen LogP) is 1.10. The molecule has 0 aliphatic rings. The van der Waals surface area contributed by atoms with Crippen molar-refractivity contribution in [2.45, 2.75) is 20.4 Å². The number of aryl methyl sites for hydroxylation is 1. The molecule has 0 amide bonds. The van der Waals surface area contributed by atoms with E-state index in [1.165, 1.54) is 0 Å². The summed E-state index contributed by atoms with van der Waals surface area (Å²) in [6.07, 6.45) is 0. The van der Waals surface area contributed by atoms with Gasteiger partial charge in [0.05, 0.1) is 12.2 Å². The highest BCUT2D eigenvalue weighted by Gasteiger charge is 1.97. The number of rotatable bonds is 3. The van der Waals surface area contributed by atoms with Crippen LogP contribution < -0.4 is 5.32 Å². The van der Waals surface area contributed by atoms with Crippen molar-refractivity contribution in [3.63, 3.8) is 0 Å². The van der Waals surface area contributed by atoms with Crippen LogP contribution in [0, 0.1) is 18.8 Å². The Balaban J connectivity index is 2.27. The van der Waals surface area contributed by atoms with Gasteiger partial charge in [0.1, 0.15) is 5.76 Å². The van der Waals surface area contributed by atoms with Crippen molar-refractivity contribution < 1.29 is 4.52 Å². The van der Waals surface area contributed by atoms with Crippen molar-refractivity contribution in [2.75, 3.05) is 6.54 Å². The van der Waals surface area contributed by atoms with E-state index in [4.69, 9.17) is 4.52 Å². The SMILES string of the molecule is CC#CCNCc1cc(C)on1. The highest BCUT2D eigenvalue weighted by Crippen LogP contribution is 1.99. The first kappa shape index (κ1) is 8.82. The van der Waals surface area contributed by atoms with Crippen LogP contribution in [0.5, 0.6) is 0 Å². The quantitative estimate of drug-likeness (QED) is 0.537. The molecule has 12 heavy (non-hydrogen) atoms. The first-order valence-electron chi connectivity index (χ1n) is 3.85. The van der Waals surface area contributed by atoms with Crippen molar-refractivity contribution in [2.24, 2.45) is 0 Å². The van der Waals surface area contributed by atoms with E-state index in [2.05, 4.69) is 22.3 Å². The highest BCUT2D eigenvalue weighted by atomic mass is 16.5. The summed E-state index contributed by atoms with van der Waals surface area (Å²) in [7, 11) is 0. The summed E-state index contributed by atoms with van der Waals surface area (Å²) in [5.74, 6) is 6.55. The van der Waals surface area contributed by atoms with E-state index in [-0.39, 0.29) is 0 Å². The maximum Gasteiger partial charge on any atom is 0.133 e. The maximum atomic E-state index is 4.90. The Morgan fingerprint density at radius 2 is 2.50 bits per heavy atom. The van der Waals surface area contributed by atoms with Gasteiger partial charge in [-0.1, -0.05) is 11.1 Å². The van der Waals surface area contributed by atoms with Crippen LogP contribution in [0.15, 0.2) is 10.6 Å². The van der Waals surface area contributed by atoms with Crippen molar-refractivity contribution in [1.82, 2.24) is 10.5 Å². The Hall–Kier alpha value is -1.27. The lowest BCUT2D eigenvalue weighted by atomic mass is 10.4. The molecule has 0 aliphatic carbocycles. The van der Waals surface area contributed by atoms with Crippen LogP contribution in [0.4, 0.5) is 0 Å². The van der Waals surface area contributed by atoms with Crippen LogP contribution in [-0.2, 0) is 6.54 Å². The molecule has 0 aromatic carbocycles. The van der Waals surface area contributed by atoms with Gasteiger partial charge in [-0.2, -0.15) is 0 Å². The monoisotopic (exact) mass is 164 g/mol. The molecule has 3 heteroatoms. The predicted molar refractivity (Wildman–Crippen MR) is 46.4 cm³/mol. The van der Waals surface area contributed by atoms with Gasteiger partial charge in [0.15, 0.2) is 0 Å². The Kier molecular flexibility index (Phi) is 3.36. The van der Waals surface area contributed by atoms with Gasteiger partial charge in [0.25, 0.3) is 0 Å². The smallest absolute Gasteiger partial charge is 0.133 e. The number of aromatic nitrogens is 1. The van der Waals surface area contributed by atoms with Gasteiger partial charge in [-0.3, -0.25) is 0 Å². The zero-order valence-corrected chi connectivity index (χ0v) is 7.35. The van der Waals surface area contributed by atoms with Gasteiger partial charge in [0, 0.05) is 12.6 Å². The molecule has 0 fully saturated rings. The molecule has 0 bridgehead atoms.